The maximum atomic E-state index is 13.5. The molecular weight excluding hydrogens is 473 g/mol. The van der Waals surface area contributed by atoms with E-state index in [1.54, 1.807) is 21.7 Å². The lowest BCUT2D eigenvalue weighted by atomic mass is 10.0. The highest BCUT2D eigenvalue weighted by Crippen LogP contribution is 2.21. The summed E-state index contributed by atoms with van der Waals surface area (Å²) in [4.78, 5) is 15.1. The van der Waals surface area contributed by atoms with Gasteiger partial charge in [-0.1, -0.05) is 60.2 Å². The number of halogens is 2. The number of hydrogen-bond donors (Lipinski definition) is 1. The average molecular weight is 506 g/mol. The summed E-state index contributed by atoms with van der Waals surface area (Å²) in [6.45, 7) is 5.42. The summed E-state index contributed by atoms with van der Waals surface area (Å²) in [7, 11) is 0. The van der Waals surface area contributed by atoms with Crippen LogP contribution in [-0.4, -0.2) is 29.4 Å². The van der Waals surface area contributed by atoms with E-state index in [0.29, 0.717) is 11.8 Å². The van der Waals surface area contributed by atoms with Gasteiger partial charge in [-0.05, 0) is 49.1 Å². The SMILES string of the molecule is Cc1ccc(CC[NH+]2CCCC(n3nc(Cc4ccc(F)cc4)c4ccccc4c3=O)CC2)cc1.[Cl-]. The lowest BCUT2D eigenvalue weighted by molar-refractivity contribution is -0.899. The zero-order valence-corrected chi connectivity index (χ0v) is 21.5. The van der Waals surface area contributed by atoms with E-state index in [1.165, 1.54) is 23.3 Å². The summed E-state index contributed by atoms with van der Waals surface area (Å²) >= 11 is 0. The highest BCUT2D eigenvalue weighted by molar-refractivity contribution is 5.83. The van der Waals surface area contributed by atoms with Crippen molar-refractivity contribution in [3.8, 4) is 0 Å². The first-order valence-electron chi connectivity index (χ1n) is 12.7. The molecule has 0 aliphatic carbocycles. The molecule has 2 heterocycles. The molecule has 188 valence electrons. The van der Waals surface area contributed by atoms with Gasteiger partial charge in [0.15, 0.2) is 0 Å². The molecule has 5 rings (SSSR count). The van der Waals surface area contributed by atoms with E-state index in [-0.39, 0.29) is 29.8 Å². The predicted molar refractivity (Wildman–Crippen MR) is 139 cm³/mol. The van der Waals surface area contributed by atoms with Crippen molar-refractivity contribution in [1.82, 2.24) is 9.78 Å². The summed E-state index contributed by atoms with van der Waals surface area (Å²) in [6.07, 6.45) is 4.65. The third-order valence-electron chi connectivity index (χ3n) is 7.32. The van der Waals surface area contributed by atoms with Crippen LogP contribution in [0.1, 0.15) is 47.7 Å². The quantitative estimate of drug-likeness (QED) is 0.429. The molecule has 1 aliphatic rings. The first kappa shape index (κ1) is 26.1. The zero-order chi connectivity index (χ0) is 24.2. The molecule has 1 aromatic heterocycles. The van der Waals surface area contributed by atoms with E-state index in [9.17, 15) is 9.18 Å². The molecule has 1 aliphatic heterocycles. The van der Waals surface area contributed by atoms with Gasteiger partial charge in [0.25, 0.3) is 5.56 Å². The van der Waals surface area contributed by atoms with Crippen LogP contribution in [0.3, 0.4) is 0 Å². The van der Waals surface area contributed by atoms with Crippen LogP contribution in [0.2, 0.25) is 0 Å². The molecule has 4 aromatic rings. The number of fused-ring (bicyclic) bond motifs is 1. The fourth-order valence-corrected chi connectivity index (χ4v) is 5.25. The molecule has 0 saturated carbocycles. The Morgan fingerprint density at radius 1 is 0.917 bits per heavy atom. The summed E-state index contributed by atoms with van der Waals surface area (Å²) in [6, 6.07) is 23.2. The van der Waals surface area contributed by atoms with Gasteiger partial charge in [-0.3, -0.25) is 4.79 Å². The van der Waals surface area contributed by atoms with Crippen LogP contribution in [0.5, 0.6) is 0 Å². The van der Waals surface area contributed by atoms with Crippen LogP contribution in [0.4, 0.5) is 4.39 Å². The number of quaternary nitrogens is 1. The first-order chi connectivity index (χ1) is 17.1. The number of benzene rings is 3. The van der Waals surface area contributed by atoms with Gasteiger partial charge in [0.1, 0.15) is 5.82 Å². The van der Waals surface area contributed by atoms with Crippen LogP contribution >= 0.6 is 0 Å². The predicted octanol–water partition coefficient (Wildman–Crippen LogP) is 1.29. The monoisotopic (exact) mass is 505 g/mol. The molecule has 1 saturated heterocycles. The molecule has 3 aromatic carbocycles. The molecule has 0 spiro atoms. The minimum Gasteiger partial charge on any atom is -1.00 e. The first-order valence-corrected chi connectivity index (χ1v) is 12.7. The second kappa shape index (κ2) is 11.8. The van der Waals surface area contributed by atoms with Crippen molar-refractivity contribution in [1.29, 1.82) is 0 Å². The van der Waals surface area contributed by atoms with Gasteiger partial charge in [-0.15, -0.1) is 0 Å². The Morgan fingerprint density at radius 2 is 1.61 bits per heavy atom. The second-order valence-electron chi connectivity index (χ2n) is 9.87. The van der Waals surface area contributed by atoms with Crippen molar-refractivity contribution in [3.63, 3.8) is 0 Å². The maximum absolute atomic E-state index is 13.5. The minimum absolute atomic E-state index is 0. The van der Waals surface area contributed by atoms with Gasteiger partial charge in [-0.25, -0.2) is 9.07 Å². The molecule has 36 heavy (non-hydrogen) atoms. The van der Waals surface area contributed by atoms with E-state index in [2.05, 4.69) is 31.2 Å². The molecule has 1 fully saturated rings. The van der Waals surface area contributed by atoms with E-state index in [1.807, 2.05) is 24.3 Å². The number of nitrogens with one attached hydrogen (secondary N) is 1. The summed E-state index contributed by atoms with van der Waals surface area (Å²) in [5.74, 6) is -0.246. The Bertz CT molecular complexity index is 1350. The number of hydrogen-bond acceptors (Lipinski definition) is 2. The van der Waals surface area contributed by atoms with Gasteiger partial charge in [0.05, 0.1) is 36.8 Å². The molecule has 1 N–H and O–H groups in total. The largest absolute Gasteiger partial charge is 1.00 e. The van der Waals surface area contributed by atoms with Crippen molar-refractivity contribution in [2.24, 2.45) is 0 Å². The van der Waals surface area contributed by atoms with Crippen LogP contribution in [0, 0.1) is 12.7 Å². The maximum Gasteiger partial charge on any atom is 0.274 e. The number of nitrogens with zero attached hydrogens (tertiary/aromatic N) is 2. The molecule has 0 radical (unpaired) electrons. The Kier molecular flexibility index (Phi) is 8.55. The van der Waals surface area contributed by atoms with Crippen molar-refractivity contribution < 1.29 is 21.7 Å². The van der Waals surface area contributed by atoms with Crippen molar-refractivity contribution >= 4 is 10.8 Å². The van der Waals surface area contributed by atoms with Crippen molar-refractivity contribution in [3.05, 3.63) is 111 Å². The molecular formula is C30H33ClFN3O. The van der Waals surface area contributed by atoms with Crippen molar-refractivity contribution in [2.45, 2.75) is 45.1 Å². The highest BCUT2D eigenvalue weighted by atomic mass is 35.5. The van der Waals surface area contributed by atoms with Gasteiger partial charge in [-0.2, -0.15) is 5.10 Å². The standard InChI is InChI=1S/C30H32FN3O.ClH/c1-22-8-10-23(11-9-22)16-19-33-18-4-5-26(17-20-33)34-30(35)28-7-3-2-6-27(28)29(32-34)21-24-12-14-25(31)15-13-24;/h2-3,6-15,26H,4-5,16-21H2,1H3;1H. The van der Waals surface area contributed by atoms with Gasteiger partial charge >= 0.3 is 0 Å². The molecule has 6 heteroatoms. The van der Waals surface area contributed by atoms with Crippen molar-refractivity contribution in [2.75, 3.05) is 19.6 Å². The smallest absolute Gasteiger partial charge is 0.274 e. The van der Waals surface area contributed by atoms with Crippen LogP contribution in [-0.2, 0) is 12.8 Å². The third-order valence-corrected chi connectivity index (χ3v) is 7.32. The average Bonchev–Trinajstić information content (AvgIpc) is 3.12. The van der Waals surface area contributed by atoms with Gasteiger partial charge in [0.2, 0.25) is 0 Å². The third kappa shape index (κ3) is 6.03. The lowest BCUT2D eigenvalue weighted by Crippen LogP contribution is -3.12. The lowest BCUT2D eigenvalue weighted by Gasteiger charge is -2.19. The number of likely N-dealkylation sites (tertiary alicyclic amines) is 1. The Morgan fingerprint density at radius 3 is 2.36 bits per heavy atom. The molecule has 2 unspecified atom stereocenters. The fourth-order valence-electron chi connectivity index (χ4n) is 5.25. The number of rotatable bonds is 6. The Hall–Kier alpha value is -3.02. The van der Waals surface area contributed by atoms with E-state index >= 15 is 0 Å². The topological polar surface area (TPSA) is 39.3 Å². The highest BCUT2D eigenvalue weighted by Gasteiger charge is 2.24. The Balaban J connectivity index is 0.00000304. The van der Waals surface area contributed by atoms with Crippen LogP contribution in [0.25, 0.3) is 10.8 Å². The second-order valence-corrected chi connectivity index (χ2v) is 9.87. The van der Waals surface area contributed by atoms with Crippen LogP contribution in [0.15, 0.2) is 77.6 Å². The van der Waals surface area contributed by atoms with Gasteiger partial charge in [0, 0.05) is 24.6 Å². The Labute approximate surface area is 218 Å². The fraction of sp³-hybridized carbons (Fsp3) is 0.333. The van der Waals surface area contributed by atoms with E-state index in [0.717, 1.165) is 62.0 Å². The molecule has 2 atom stereocenters. The summed E-state index contributed by atoms with van der Waals surface area (Å²) < 4.78 is 15.2. The minimum atomic E-state index is -0.246. The van der Waals surface area contributed by atoms with E-state index in [4.69, 9.17) is 5.10 Å². The van der Waals surface area contributed by atoms with E-state index < -0.39 is 0 Å². The number of aryl methyl sites for hydroxylation is 1. The summed E-state index contributed by atoms with van der Waals surface area (Å²) in [5.41, 5.74) is 4.55. The summed E-state index contributed by atoms with van der Waals surface area (Å²) in [5, 5.41) is 6.51. The molecule has 0 amide bonds. The van der Waals surface area contributed by atoms with Gasteiger partial charge < -0.3 is 17.3 Å². The number of aromatic nitrogens is 2. The molecule has 4 nitrogen and oxygen atoms in total. The van der Waals surface area contributed by atoms with Crippen LogP contribution < -0.4 is 22.9 Å². The normalized spacial score (nSPS) is 17.9. The molecule has 0 bridgehead atoms. The zero-order valence-electron chi connectivity index (χ0n) is 20.7.